The Hall–Kier alpha value is -1.61. The highest BCUT2D eigenvalue weighted by molar-refractivity contribution is 5.82. The average Bonchev–Trinajstić information content (AvgIpc) is 2.41. The van der Waals surface area contributed by atoms with Crippen molar-refractivity contribution >= 4 is 11.8 Å². The molecule has 1 fully saturated rings. The lowest BCUT2D eigenvalue weighted by atomic mass is 9.84. The van der Waals surface area contributed by atoms with E-state index < -0.39 is 16.9 Å². The first-order chi connectivity index (χ1) is 9.62. The summed E-state index contributed by atoms with van der Waals surface area (Å²) in [6, 6.07) is 2.52. The van der Waals surface area contributed by atoms with E-state index in [9.17, 15) is 14.9 Å². The van der Waals surface area contributed by atoms with Crippen LogP contribution < -0.4 is 11.1 Å². The third-order valence-electron chi connectivity index (χ3n) is 4.52. The fourth-order valence-electron chi connectivity index (χ4n) is 2.47. The molecule has 1 aliphatic rings. The molecule has 1 rings (SSSR count). The lowest BCUT2D eigenvalue weighted by Gasteiger charge is -2.40. The molecule has 0 spiro atoms. The van der Waals surface area contributed by atoms with Crippen LogP contribution in [0.3, 0.4) is 0 Å². The molecule has 6 heteroatoms. The maximum Gasteiger partial charge on any atom is 0.223 e. The van der Waals surface area contributed by atoms with Gasteiger partial charge in [-0.2, -0.15) is 5.26 Å². The maximum atomic E-state index is 12.1. The second kappa shape index (κ2) is 6.44. The van der Waals surface area contributed by atoms with Gasteiger partial charge < -0.3 is 16.0 Å². The molecule has 2 atom stereocenters. The molecular formula is C15H26N4O2. The summed E-state index contributed by atoms with van der Waals surface area (Å²) < 4.78 is 0. The Balaban J connectivity index is 2.61. The summed E-state index contributed by atoms with van der Waals surface area (Å²) in [7, 11) is 2.02. The van der Waals surface area contributed by atoms with Crippen LogP contribution in [0, 0.1) is 16.7 Å². The number of nitrogens with two attached hydrogens (primary N) is 1. The van der Waals surface area contributed by atoms with Crippen molar-refractivity contribution in [1.29, 1.82) is 5.26 Å². The van der Waals surface area contributed by atoms with Gasteiger partial charge in [-0.05, 0) is 33.2 Å². The molecule has 2 unspecified atom stereocenters. The Morgan fingerprint density at radius 3 is 2.62 bits per heavy atom. The van der Waals surface area contributed by atoms with E-state index in [0.717, 1.165) is 6.54 Å². The first kappa shape index (κ1) is 17.4. The maximum absolute atomic E-state index is 12.1. The molecule has 0 aromatic heterocycles. The monoisotopic (exact) mass is 294 g/mol. The summed E-state index contributed by atoms with van der Waals surface area (Å²) in [5.41, 5.74) is 3.79. The fourth-order valence-corrected chi connectivity index (χ4v) is 2.47. The second-order valence-electron chi connectivity index (χ2n) is 6.77. The van der Waals surface area contributed by atoms with Crippen molar-refractivity contribution in [3.8, 4) is 6.07 Å². The molecule has 1 heterocycles. The van der Waals surface area contributed by atoms with Gasteiger partial charge in [0.1, 0.15) is 5.54 Å². The van der Waals surface area contributed by atoms with Gasteiger partial charge >= 0.3 is 0 Å². The lowest BCUT2D eigenvalue weighted by molar-refractivity contribution is -0.127. The predicted molar refractivity (Wildman–Crippen MR) is 80.0 cm³/mol. The van der Waals surface area contributed by atoms with Crippen LogP contribution in [-0.2, 0) is 9.59 Å². The van der Waals surface area contributed by atoms with Crippen molar-refractivity contribution in [3.05, 3.63) is 0 Å². The summed E-state index contributed by atoms with van der Waals surface area (Å²) >= 11 is 0. The van der Waals surface area contributed by atoms with Gasteiger partial charge in [-0.25, -0.2) is 0 Å². The molecule has 118 valence electrons. The first-order valence-corrected chi connectivity index (χ1v) is 7.34. The van der Waals surface area contributed by atoms with E-state index >= 15 is 0 Å². The smallest absolute Gasteiger partial charge is 0.223 e. The van der Waals surface area contributed by atoms with Crippen LogP contribution in [0.25, 0.3) is 0 Å². The fraction of sp³-hybridized carbons (Fsp3) is 0.800. The third kappa shape index (κ3) is 4.43. The van der Waals surface area contributed by atoms with E-state index in [-0.39, 0.29) is 18.4 Å². The quantitative estimate of drug-likeness (QED) is 0.782. The summed E-state index contributed by atoms with van der Waals surface area (Å²) in [6.45, 7) is 6.27. The molecule has 21 heavy (non-hydrogen) atoms. The number of likely N-dealkylation sites (tertiary alicyclic amines) is 1. The number of nitrogens with one attached hydrogen (secondary N) is 1. The van der Waals surface area contributed by atoms with Gasteiger partial charge in [-0.3, -0.25) is 9.59 Å². The van der Waals surface area contributed by atoms with Crippen LogP contribution in [0.1, 0.15) is 46.5 Å². The van der Waals surface area contributed by atoms with Gasteiger partial charge in [0.2, 0.25) is 11.8 Å². The number of amides is 2. The molecule has 0 aliphatic carbocycles. The van der Waals surface area contributed by atoms with Crippen molar-refractivity contribution in [3.63, 3.8) is 0 Å². The zero-order chi connectivity index (χ0) is 16.3. The standard InChI is InChI=1S/C15H26N4O2/c1-11-9-15(10-16,7-8-19(11)4)18-12(20)5-6-14(2,3)13(17)21/h11H,5-9H2,1-4H3,(H2,17,21)(H,18,20). The van der Waals surface area contributed by atoms with Gasteiger partial charge in [0.25, 0.3) is 0 Å². The summed E-state index contributed by atoms with van der Waals surface area (Å²) in [4.78, 5) is 25.5. The Morgan fingerprint density at radius 1 is 1.52 bits per heavy atom. The number of carbonyl (C=O) groups excluding carboxylic acids is 2. The van der Waals surface area contributed by atoms with Crippen LogP contribution in [0.2, 0.25) is 0 Å². The molecule has 0 aromatic rings. The summed E-state index contributed by atoms with van der Waals surface area (Å²) in [5, 5.41) is 12.3. The number of nitrogens with zero attached hydrogens (tertiary/aromatic N) is 2. The van der Waals surface area contributed by atoms with Gasteiger partial charge in [-0.1, -0.05) is 13.8 Å². The highest BCUT2D eigenvalue weighted by Crippen LogP contribution is 2.26. The van der Waals surface area contributed by atoms with Crippen LogP contribution >= 0.6 is 0 Å². The lowest BCUT2D eigenvalue weighted by Crippen LogP contribution is -2.56. The van der Waals surface area contributed by atoms with Crippen molar-refractivity contribution in [2.24, 2.45) is 11.1 Å². The van der Waals surface area contributed by atoms with E-state index in [1.54, 1.807) is 13.8 Å². The van der Waals surface area contributed by atoms with E-state index in [2.05, 4.69) is 16.3 Å². The van der Waals surface area contributed by atoms with Crippen LogP contribution in [0.4, 0.5) is 0 Å². The van der Waals surface area contributed by atoms with Crippen molar-refractivity contribution < 1.29 is 9.59 Å². The zero-order valence-corrected chi connectivity index (χ0v) is 13.4. The molecule has 3 N–H and O–H groups in total. The van der Waals surface area contributed by atoms with E-state index in [1.807, 2.05) is 14.0 Å². The number of hydrogen-bond acceptors (Lipinski definition) is 4. The highest BCUT2D eigenvalue weighted by atomic mass is 16.2. The van der Waals surface area contributed by atoms with Crippen LogP contribution in [-0.4, -0.2) is 41.9 Å². The van der Waals surface area contributed by atoms with E-state index in [4.69, 9.17) is 5.73 Å². The Morgan fingerprint density at radius 2 is 2.14 bits per heavy atom. The predicted octanol–water partition coefficient (Wildman–Crippen LogP) is 0.771. The molecule has 1 aliphatic heterocycles. The third-order valence-corrected chi connectivity index (χ3v) is 4.52. The number of primary amides is 1. The van der Waals surface area contributed by atoms with Crippen LogP contribution in [0.5, 0.6) is 0 Å². The van der Waals surface area contributed by atoms with Gasteiger partial charge in [0.05, 0.1) is 6.07 Å². The summed E-state index contributed by atoms with van der Waals surface area (Å²) in [6.07, 6.45) is 1.81. The number of carbonyl (C=O) groups is 2. The topological polar surface area (TPSA) is 99.2 Å². The minimum absolute atomic E-state index is 0.192. The molecule has 0 radical (unpaired) electrons. The van der Waals surface area contributed by atoms with E-state index in [1.165, 1.54) is 0 Å². The number of hydrogen-bond donors (Lipinski definition) is 2. The van der Waals surface area contributed by atoms with Crippen LogP contribution in [0.15, 0.2) is 0 Å². The first-order valence-electron chi connectivity index (χ1n) is 7.34. The molecule has 2 amide bonds. The normalized spacial score (nSPS) is 26.9. The number of nitriles is 1. The van der Waals surface area contributed by atoms with Crippen molar-refractivity contribution in [1.82, 2.24) is 10.2 Å². The molecule has 0 saturated carbocycles. The zero-order valence-electron chi connectivity index (χ0n) is 13.4. The summed E-state index contributed by atoms with van der Waals surface area (Å²) in [5.74, 6) is -0.610. The van der Waals surface area contributed by atoms with Crippen molar-refractivity contribution in [2.45, 2.75) is 58.0 Å². The minimum atomic E-state index is -0.792. The highest BCUT2D eigenvalue weighted by Gasteiger charge is 2.38. The molecule has 6 nitrogen and oxygen atoms in total. The van der Waals surface area contributed by atoms with Gasteiger partial charge in [0, 0.05) is 24.4 Å². The van der Waals surface area contributed by atoms with Gasteiger partial charge in [0.15, 0.2) is 0 Å². The van der Waals surface area contributed by atoms with Gasteiger partial charge in [-0.15, -0.1) is 0 Å². The Kier molecular flexibility index (Phi) is 5.35. The second-order valence-corrected chi connectivity index (χ2v) is 6.77. The minimum Gasteiger partial charge on any atom is -0.369 e. The Bertz CT molecular complexity index is 455. The largest absolute Gasteiger partial charge is 0.369 e. The SMILES string of the molecule is CC1CC(C#N)(NC(=O)CCC(C)(C)C(N)=O)CCN1C. The van der Waals surface area contributed by atoms with Crippen molar-refractivity contribution in [2.75, 3.05) is 13.6 Å². The Labute approximate surface area is 126 Å². The number of rotatable bonds is 5. The molecule has 0 aromatic carbocycles. The molecule has 0 bridgehead atoms. The molecule has 1 saturated heterocycles. The van der Waals surface area contributed by atoms with E-state index in [0.29, 0.717) is 19.3 Å². The molecular weight excluding hydrogens is 268 g/mol. The average molecular weight is 294 g/mol. The number of piperidine rings is 1.